The van der Waals surface area contributed by atoms with Gasteiger partial charge in [-0.15, -0.1) is 0 Å². The molecule has 0 aromatic rings. The van der Waals surface area contributed by atoms with Crippen molar-refractivity contribution in [1.82, 2.24) is 0 Å². The van der Waals surface area contributed by atoms with Gasteiger partial charge >= 0.3 is 17.9 Å². The molecule has 1 aliphatic carbocycles. The van der Waals surface area contributed by atoms with Gasteiger partial charge in [0.1, 0.15) is 12.2 Å². The molecule has 7 heteroatoms. The molecule has 7 nitrogen and oxygen atoms in total. The number of rotatable bonds is 3. The summed E-state index contributed by atoms with van der Waals surface area (Å²) in [5, 5.41) is 0. The third-order valence-corrected chi connectivity index (χ3v) is 5.45. The molecule has 1 heterocycles. The minimum Gasteiger partial charge on any atom is -0.458 e. The molecule has 0 spiro atoms. The molecule has 2 aliphatic rings. The Morgan fingerprint density at radius 1 is 1.31 bits per heavy atom. The van der Waals surface area contributed by atoms with Crippen LogP contribution < -0.4 is 0 Å². The van der Waals surface area contributed by atoms with Crippen LogP contribution in [-0.4, -0.2) is 41.5 Å². The minimum atomic E-state index is -1.52. The lowest BCUT2D eigenvalue weighted by molar-refractivity contribution is -0.171. The van der Waals surface area contributed by atoms with Crippen LogP contribution in [0.2, 0.25) is 0 Å². The van der Waals surface area contributed by atoms with Gasteiger partial charge in [-0.1, -0.05) is 24.3 Å². The summed E-state index contributed by atoms with van der Waals surface area (Å²) in [5.74, 6) is -2.73. The maximum absolute atomic E-state index is 12.9. The van der Waals surface area contributed by atoms with E-state index >= 15 is 0 Å². The molecule has 0 aromatic carbocycles. The van der Waals surface area contributed by atoms with Gasteiger partial charge in [0.25, 0.3) is 0 Å². The number of carbonyl (C=O) groups excluding carboxylic acids is 4. The van der Waals surface area contributed by atoms with Crippen LogP contribution in [0.1, 0.15) is 53.9 Å². The van der Waals surface area contributed by atoms with E-state index in [4.69, 9.17) is 14.2 Å². The molecule has 2 rings (SSSR count). The van der Waals surface area contributed by atoms with Gasteiger partial charge in [-0.05, 0) is 27.7 Å². The molecule has 1 aliphatic heterocycles. The van der Waals surface area contributed by atoms with Gasteiger partial charge in [0.2, 0.25) is 0 Å². The minimum absolute atomic E-state index is 0.0520. The van der Waals surface area contributed by atoms with Crippen molar-refractivity contribution in [2.45, 2.75) is 71.7 Å². The van der Waals surface area contributed by atoms with Gasteiger partial charge in [0.15, 0.2) is 11.4 Å². The second kappa shape index (κ2) is 8.76. The van der Waals surface area contributed by atoms with Crippen molar-refractivity contribution in [2.75, 3.05) is 0 Å². The summed E-state index contributed by atoms with van der Waals surface area (Å²) in [6.07, 6.45) is 2.18. The smallest absolute Gasteiger partial charge is 0.334 e. The Hall–Kier alpha value is -2.70. The zero-order chi connectivity index (χ0) is 21.9. The first-order valence-corrected chi connectivity index (χ1v) is 9.60. The molecule has 4 unspecified atom stereocenters. The zero-order valence-electron chi connectivity index (χ0n) is 17.6. The highest BCUT2D eigenvalue weighted by atomic mass is 16.6. The van der Waals surface area contributed by atoms with E-state index in [9.17, 15) is 19.2 Å². The molecule has 0 amide bonds. The fourth-order valence-electron chi connectivity index (χ4n) is 3.67. The van der Waals surface area contributed by atoms with Crippen LogP contribution in [0.25, 0.3) is 0 Å². The summed E-state index contributed by atoms with van der Waals surface area (Å²) in [6, 6.07) is 0. The van der Waals surface area contributed by atoms with Gasteiger partial charge < -0.3 is 14.2 Å². The van der Waals surface area contributed by atoms with Crippen molar-refractivity contribution in [3.63, 3.8) is 0 Å². The fraction of sp³-hybridized carbons (Fsp3) is 0.545. The van der Waals surface area contributed by atoms with Crippen LogP contribution >= 0.6 is 0 Å². The second-order valence-electron chi connectivity index (χ2n) is 7.82. The normalized spacial score (nSPS) is 30.8. The number of fused-ring (bicyclic) bond motifs is 1. The summed E-state index contributed by atoms with van der Waals surface area (Å²) in [7, 11) is 0. The third kappa shape index (κ3) is 5.02. The lowest BCUT2D eigenvalue weighted by Crippen LogP contribution is -2.47. The number of carbonyl (C=O) groups is 4. The van der Waals surface area contributed by atoms with Crippen LogP contribution in [0, 0.1) is 5.92 Å². The fourth-order valence-corrected chi connectivity index (χ4v) is 3.67. The first-order valence-electron chi connectivity index (χ1n) is 9.60. The van der Waals surface area contributed by atoms with E-state index in [0.717, 1.165) is 5.57 Å². The number of hydrogen-bond donors (Lipinski definition) is 0. The van der Waals surface area contributed by atoms with Crippen LogP contribution in [0.5, 0.6) is 0 Å². The highest BCUT2D eigenvalue weighted by Gasteiger charge is 2.50. The van der Waals surface area contributed by atoms with Crippen LogP contribution in [0.15, 0.2) is 35.5 Å². The topological polar surface area (TPSA) is 96.0 Å². The third-order valence-electron chi connectivity index (χ3n) is 5.45. The molecule has 1 saturated heterocycles. The Kier molecular flexibility index (Phi) is 6.82. The Balaban J connectivity index is 2.54. The van der Waals surface area contributed by atoms with Gasteiger partial charge in [0.05, 0.1) is 5.92 Å². The van der Waals surface area contributed by atoms with E-state index in [-0.39, 0.29) is 24.2 Å². The van der Waals surface area contributed by atoms with E-state index < -0.39 is 41.6 Å². The summed E-state index contributed by atoms with van der Waals surface area (Å²) >= 11 is 0. The van der Waals surface area contributed by atoms with Crippen molar-refractivity contribution in [3.05, 3.63) is 35.5 Å². The van der Waals surface area contributed by atoms with Gasteiger partial charge in [-0.3, -0.25) is 9.59 Å². The molecule has 0 saturated carbocycles. The van der Waals surface area contributed by atoms with Gasteiger partial charge in [-0.2, -0.15) is 0 Å². The molecule has 0 radical (unpaired) electrons. The Morgan fingerprint density at radius 2 is 1.97 bits per heavy atom. The quantitative estimate of drug-likeness (QED) is 0.309. The van der Waals surface area contributed by atoms with E-state index in [1.165, 1.54) is 13.8 Å². The molecule has 0 N–H and O–H groups in total. The van der Waals surface area contributed by atoms with Crippen LogP contribution in [0.3, 0.4) is 0 Å². The van der Waals surface area contributed by atoms with Crippen molar-refractivity contribution in [3.8, 4) is 0 Å². The molecule has 0 aromatic heterocycles. The first kappa shape index (κ1) is 22.6. The van der Waals surface area contributed by atoms with Gasteiger partial charge in [0, 0.05) is 37.3 Å². The average molecular weight is 404 g/mol. The molecular weight excluding hydrogens is 376 g/mol. The highest BCUT2D eigenvalue weighted by Crippen LogP contribution is 2.39. The molecule has 158 valence electrons. The first-order chi connectivity index (χ1) is 13.5. The predicted octanol–water partition coefficient (Wildman–Crippen LogP) is 2.98. The molecule has 4 atom stereocenters. The van der Waals surface area contributed by atoms with E-state index in [0.29, 0.717) is 12.0 Å². The van der Waals surface area contributed by atoms with E-state index in [2.05, 4.69) is 6.58 Å². The number of ketones is 1. The van der Waals surface area contributed by atoms with Crippen molar-refractivity contribution in [2.24, 2.45) is 5.92 Å². The number of allylic oxidation sites excluding steroid dienone is 2. The number of ether oxygens (including phenoxy) is 3. The summed E-state index contributed by atoms with van der Waals surface area (Å²) < 4.78 is 16.6. The second-order valence-corrected chi connectivity index (χ2v) is 7.82. The number of esters is 3. The predicted molar refractivity (Wildman–Crippen MR) is 105 cm³/mol. The monoisotopic (exact) mass is 404 g/mol. The summed E-state index contributed by atoms with van der Waals surface area (Å²) in [4.78, 5) is 49.3. The Bertz CT molecular complexity index is 804. The van der Waals surface area contributed by atoms with E-state index in [1.807, 2.05) is 6.92 Å². The molecule has 1 fully saturated rings. The SMILES string of the molecule is C=C1C(=O)OC2CC(C)=CCC(=O)C(C)(OC(C)=O)CC(OC(=O)C(C)=CC)C12. The van der Waals surface area contributed by atoms with E-state index in [1.54, 1.807) is 26.0 Å². The van der Waals surface area contributed by atoms with Crippen molar-refractivity contribution in [1.29, 1.82) is 0 Å². The standard InChI is InChI=1S/C22H28O7/c1-7-13(3)20(25)28-17-11-22(6,29-15(5)23)18(24)9-8-12(2)10-16-19(17)14(4)21(26)27-16/h7-8,16-17,19H,4,9-11H2,1-3,5-6H3. The van der Waals surface area contributed by atoms with Crippen molar-refractivity contribution < 1.29 is 33.4 Å². The van der Waals surface area contributed by atoms with Crippen LogP contribution in [0.4, 0.5) is 0 Å². The summed E-state index contributed by atoms with van der Waals surface area (Å²) in [5.41, 5.74) is -0.119. The highest BCUT2D eigenvalue weighted by molar-refractivity contribution is 5.93. The van der Waals surface area contributed by atoms with Crippen LogP contribution in [-0.2, 0) is 33.4 Å². The van der Waals surface area contributed by atoms with Crippen molar-refractivity contribution >= 4 is 23.7 Å². The zero-order valence-corrected chi connectivity index (χ0v) is 17.6. The molecule has 0 bridgehead atoms. The number of Topliss-reactive ketones (excluding diaryl/α,β-unsaturated/α-hetero) is 1. The van der Waals surface area contributed by atoms with Gasteiger partial charge in [-0.25, -0.2) is 9.59 Å². The lowest BCUT2D eigenvalue weighted by atomic mass is 9.79. The maximum atomic E-state index is 12.9. The molecule has 29 heavy (non-hydrogen) atoms. The summed E-state index contributed by atoms with van der Waals surface area (Å²) in [6.45, 7) is 11.7. The Morgan fingerprint density at radius 3 is 2.55 bits per heavy atom. The number of hydrogen-bond acceptors (Lipinski definition) is 7. The average Bonchev–Trinajstić information content (AvgIpc) is 2.90. The maximum Gasteiger partial charge on any atom is 0.334 e. The lowest BCUT2D eigenvalue weighted by Gasteiger charge is -2.35. The molecular formula is C22H28O7. The largest absolute Gasteiger partial charge is 0.458 e. The Labute approximate surface area is 170 Å².